The molecule has 1 aromatic carbocycles. The van der Waals surface area contributed by atoms with Gasteiger partial charge in [0.25, 0.3) is 0 Å². The lowest BCUT2D eigenvalue weighted by atomic mass is 10.3. The number of halogens is 2. The highest BCUT2D eigenvalue weighted by atomic mass is 35.5. The molecule has 0 spiro atoms. The van der Waals surface area contributed by atoms with Gasteiger partial charge in [-0.1, -0.05) is 28.4 Å². The number of rotatable bonds is 2. The Kier molecular flexibility index (Phi) is 3.83. The van der Waals surface area contributed by atoms with Gasteiger partial charge in [-0.3, -0.25) is 0 Å². The minimum absolute atomic E-state index is 0.372. The van der Waals surface area contributed by atoms with Crippen LogP contribution in [0.3, 0.4) is 0 Å². The molecule has 0 aliphatic heterocycles. The summed E-state index contributed by atoms with van der Waals surface area (Å²) in [6.45, 7) is 0. The zero-order valence-corrected chi connectivity index (χ0v) is 10.7. The van der Waals surface area contributed by atoms with Crippen molar-refractivity contribution in [2.75, 3.05) is 10.6 Å². The van der Waals surface area contributed by atoms with Crippen molar-refractivity contribution in [3.8, 4) is 0 Å². The highest BCUT2D eigenvalue weighted by Crippen LogP contribution is 2.22. The van der Waals surface area contributed by atoms with Crippen LogP contribution in [0.5, 0.6) is 0 Å². The molecule has 88 valence electrons. The molecule has 0 amide bonds. The summed E-state index contributed by atoms with van der Waals surface area (Å²) in [4.78, 5) is 0. The van der Waals surface area contributed by atoms with Crippen molar-refractivity contribution in [3.05, 3.63) is 40.6 Å². The number of nitrogens with zero attached hydrogens (tertiary/aromatic N) is 1. The Bertz CT molecular complexity index is 510. The fraction of sp³-hybridized carbons (Fsp3) is 0. The molecule has 0 radical (unpaired) electrons. The Balaban J connectivity index is 2.03. The highest BCUT2D eigenvalue weighted by Gasteiger charge is 2.02. The molecule has 2 aromatic rings. The van der Waals surface area contributed by atoms with Crippen molar-refractivity contribution in [2.24, 2.45) is 0 Å². The van der Waals surface area contributed by atoms with Crippen molar-refractivity contribution in [1.82, 2.24) is 5.16 Å². The van der Waals surface area contributed by atoms with Gasteiger partial charge in [-0.15, -0.1) is 0 Å². The van der Waals surface area contributed by atoms with Crippen molar-refractivity contribution in [3.63, 3.8) is 0 Å². The Morgan fingerprint density at radius 3 is 2.47 bits per heavy atom. The molecule has 4 nitrogen and oxygen atoms in total. The third-order valence-corrected chi connectivity index (χ3v) is 2.44. The molecule has 0 atom stereocenters. The number of benzene rings is 1. The van der Waals surface area contributed by atoms with Gasteiger partial charge in [0.1, 0.15) is 6.26 Å². The van der Waals surface area contributed by atoms with E-state index in [-0.39, 0.29) is 0 Å². The topological polar surface area (TPSA) is 50.1 Å². The van der Waals surface area contributed by atoms with Crippen molar-refractivity contribution in [2.45, 2.75) is 0 Å². The second-order valence-electron chi connectivity index (χ2n) is 3.12. The monoisotopic (exact) mass is 287 g/mol. The van der Waals surface area contributed by atoms with E-state index in [1.807, 2.05) is 0 Å². The van der Waals surface area contributed by atoms with Crippen LogP contribution in [0.1, 0.15) is 0 Å². The van der Waals surface area contributed by atoms with Gasteiger partial charge in [0.05, 0.1) is 0 Å². The Hall–Kier alpha value is -1.30. The third kappa shape index (κ3) is 3.59. The summed E-state index contributed by atoms with van der Waals surface area (Å²) in [6.07, 6.45) is 1.45. The maximum absolute atomic E-state index is 5.86. The van der Waals surface area contributed by atoms with E-state index < -0.39 is 0 Å². The zero-order valence-electron chi connectivity index (χ0n) is 8.41. The summed E-state index contributed by atoms with van der Waals surface area (Å²) in [7, 11) is 0. The molecule has 7 heteroatoms. The quantitative estimate of drug-likeness (QED) is 0.823. The number of hydrogen-bond acceptors (Lipinski definition) is 3. The van der Waals surface area contributed by atoms with Crippen LogP contribution in [0.4, 0.5) is 11.5 Å². The Morgan fingerprint density at radius 2 is 1.88 bits per heavy atom. The van der Waals surface area contributed by atoms with Gasteiger partial charge in [-0.2, -0.15) is 0 Å². The van der Waals surface area contributed by atoms with Crippen LogP contribution >= 0.6 is 35.4 Å². The molecule has 0 aliphatic carbocycles. The van der Waals surface area contributed by atoms with E-state index in [2.05, 4.69) is 20.3 Å². The molecule has 17 heavy (non-hydrogen) atoms. The molecule has 0 unspecified atom stereocenters. The smallest absolute Gasteiger partial charge is 0.176 e. The lowest BCUT2D eigenvalue weighted by Crippen LogP contribution is -2.19. The molecular weight excluding hydrogens is 281 g/mol. The summed E-state index contributed by atoms with van der Waals surface area (Å²) in [5.41, 5.74) is 0.698. The second kappa shape index (κ2) is 5.35. The first-order valence-electron chi connectivity index (χ1n) is 4.58. The maximum Gasteiger partial charge on any atom is 0.176 e. The third-order valence-electron chi connectivity index (χ3n) is 1.80. The molecule has 2 N–H and O–H groups in total. The summed E-state index contributed by atoms with van der Waals surface area (Å²) in [5.74, 6) is 0.524. The number of hydrogen-bond donors (Lipinski definition) is 2. The molecular formula is C10H7Cl2N3OS. The molecule has 0 saturated carbocycles. The van der Waals surface area contributed by atoms with E-state index in [0.29, 0.717) is 26.7 Å². The average molecular weight is 288 g/mol. The van der Waals surface area contributed by atoms with Gasteiger partial charge < -0.3 is 15.2 Å². The van der Waals surface area contributed by atoms with Crippen molar-refractivity contribution in [1.29, 1.82) is 0 Å². The predicted molar refractivity (Wildman–Crippen MR) is 72.8 cm³/mol. The first kappa shape index (κ1) is 12.2. The fourth-order valence-corrected chi connectivity index (χ4v) is 1.93. The van der Waals surface area contributed by atoms with Gasteiger partial charge in [0.15, 0.2) is 10.9 Å². The zero-order chi connectivity index (χ0) is 12.3. The van der Waals surface area contributed by atoms with Crippen LogP contribution in [-0.4, -0.2) is 10.3 Å². The van der Waals surface area contributed by atoms with Crippen LogP contribution in [0, 0.1) is 0 Å². The van der Waals surface area contributed by atoms with Gasteiger partial charge in [-0.25, -0.2) is 0 Å². The van der Waals surface area contributed by atoms with E-state index in [1.54, 1.807) is 24.3 Å². The Morgan fingerprint density at radius 1 is 1.18 bits per heavy atom. The van der Waals surface area contributed by atoms with E-state index in [4.69, 9.17) is 35.4 Å². The van der Waals surface area contributed by atoms with E-state index in [9.17, 15) is 0 Å². The van der Waals surface area contributed by atoms with Gasteiger partial charge in [-0.05, 0) is 30.4 Å². The van der Waals surface area contributed by atoms with Crippen LogP contribution in [0.2, 0.25) is 10.0 Å². The minimum atomic E-state index is 0.372. The first-order valence-corrected chi connectivity index (χ1v) is 5.74. The lowest BCUT2D eigenvalue weighted by Gasteiger charge is -2.08. The number of anilines is 2. The summed E-state index contributed by atoms with van der Waals surface area (Å²) >= 11 is 16.8. The summed E-state index contributed by atoms with van der Waals surface area (Å²) < 4.78 is 4.66. The maximum atomic E-state index is 5.86. The molecule has 0 bridgehead atoms. The summed E-state index contributed by atoms with van der Waals surface area (Å²) in [5, 5.41) is 10.9. The Labute approximate surface area is 113 Å². The van der Waals surface area contributed by atoms with Crippen molar-refractivity contribution >= 4 is 52.0 Å². The van der Waals surface area contributed by atoms with E-state index >= 15 is 0 Å². The van der Waals surface area contributed by atoms with Gasteiger partial charge in [0, 0.05) is 21.8 Å². The van der Waals surface area contributed by atoms with Crippen LogP contribution in [-0.2, 0) is 0 Å². The lowest BCUT2D eigenvalue weighted by molar-refractivity contribution is 0.423. The second-order valence-corrected chi connectivity index (χ2v) is 4.40. The van der Waals surface area contributed by atoms with Gasteiger partial charge >= 0.3 is 0 Å². The van der Waals surface area contributed by atoms with E-state index in [1.165, 1.54) is 6.26 Å². The van der Waals surface area contributed by atoms with E-state index in [0.717, 1.165) is 0 Å². The van der Waals surface area contributed by atoms with Gasteiger partial charge in [0.2, 0.25) is 0 Å². The summed E-state index contributed by atoms with van der Waals surface area (Å²) in [6, 6.07) is 6.72. The average Bonchev–Trinajstić information content (AvgIpc) is 2.67. The largest absolute Gasteiger partial charge is 0.363 e. The predicted octanol–water partition coefficient (Wildman–Crippen LogP) is 3.79. The van der Waals surface area contributed by atoms with Crippen LogP contribution in [0.15, 0.2) is 35.1 Å². The number of aromatic nitrogens is 1. The fourth-order valence-electron chi connectivity index (χ4n) is 1.18. The van der Waals surface area contributed by atoms with Crippen molar-refractivity contribution < 1.29 is 4.52 Å². The molecule has 0 saturated heterocycles. The first-order chi connectivity index (χ1) is 8.13. The standard InChI is InChI=1S/C10H7Cl2N3OS/c11-6-3-7(12)5-8(4-6)13-10(17)14-9-1-2-16-15-9/h1-5H,(H2,13,14,15,17). The van der Waals surface area contributed by atoms with Crippen LogP contribution < -0.4 is 10.6 Å². The normalized spacial score (nSPS) is 10.0. The highest BCUT2D eigenvalue weighted by molar-refractivity contribution is 7.80. The minimum Gasteiger partial charge on any atom is -0.363 e. The number of thiocarbonyl (C=S) groups is 1. The molecule has 1 aromatic heterocycles. The molecule has 0 aliphatic rings. The van der Waals surface area contributed by atoms with Crippen LogP contribution in [0.25, 0.3) is 0 Å². The number of nitrogens with one attached hydrogen (secondary N) is 2. The molecule has 0 fully saturated rings. The molecule has 1 heterocycles. The SMILES string of the molecule is S=C(Nc1cc(Cl)cc(Cl)c1)Nc1ccon1. The molecule has 2 rings (SSSR count).